The van der Waals surface area contributed by atoms with Gasteiger partial charge in [-0.2, -0.15) is 9.61 Å². The summed E-state index contributed by atoms with van der Waals surface area (Å²) in [4.78, 5) is 0.831. The molecule has 0 radical (unpaired) electrons. The second kappa shape index (κ2) is 5.09. The maximum Gasteiger partial charge on any atom is 0.234 e. The Morgan fingerprint density at radius 2 is 2.24 bits per heavy atom. The molecule has 1 aliphatic heterocycles. The molecule has 0 amide bonds. The second-order valence-corrected chi connectivity index (χ2v) is 5.97. The van der Waals surface area contributed by atoms with Crippen molar-refractivity contribution in [2.45, 2.75) is 12.3 Å². The lowest BCUT2D eigenvalue weighted by Crippen LogP contribution is -2.04. The van der Waals surface area contributed by atoms with Gasteiger partial charge in [0.1, 0.15) is 5.01 Å². The van der Waals surface area contributed by atoms with Gasteiger partial charge in [0, 0.05) is 30.8 Å². The third-order valence-electron chi connectivity index (χ3n) is 3.74. The molecule has 2 aromatic heterocycles. The number of fused-ring (bicyclic) bond motifs is 1. The van der Waals surface area contributed by atoms with Crippen LogP contribution in [0.2, 0.25) is 0 Å². The van der Waals surface area contributed by atoms with Crippen LogP contribution in [0.25, 0.3) is 15.5 Å². The highest BCUT2D eigenvalue weighted by atomic mass is 32.1. The minimum absolute atomic E-state index is 0.300. The number of para-hydroxylation sites is 1. The molecule has 1 aliphatic rings. The molecule has 0 bridgehead atoms. The summed E-state index contributed by atoms with van der Waals surface area (Å²) in [5.41, 5.74) is 2.15. The molecule has 4 rings (SSSR count). The summed E-state index contributed by atoms with van der Waals surface area (Å²) in [6.07, 6.45) is 0.987. The summed E-state index contributed by atoms with van der Waals surface area (Å²) in [6, 6.07) is 8.14. The van der Waals surface area contributed by atoms with E-state index in [0.717, 1.165) is 40.1 Å². The lowest BCUT2D eigenvalue weighted by atomic mass is 10.1. The third kappa shape index (κ3) is 2.09. The highest BCUT2D eigenvalue weighted by Crippen LogP contribution is 2.32. The van der Waals surface area contributed by atoms with Gasteiger partial charge in [0.25, 0.3) is 0 Å². The van der Waals surface area contributed by atoms with Crippen LogP contribution < -0.4 is 5.32 Å². The fourth-order valence-corrected chi connectivity index (χ4v) is 3.51. The molecule has 1 atom stereocenters. The van der Waals surface area contributed by atoms with Crippen LogP contribution in [0.1, 0.15) is 18.2 Å². The summed E-state index contributed by atoms with van der Waals surface area (Å²) in [7, 11) is 1.92. The maximum absolute atomic E-state index is 5.44. The van der Waals surface area contributed by atoms with Crippen molar-refractivity contribution in [2.75, 3.05) is 25.6 Å². The highest BCUT2D eigenvalue weighted by Gasteiger charge is 2.25. The van der Waals surface area contributed by atoms with Gasteiger partial charge in [0.05, 0.1) is 6.61 Å². The lowest BCUT2D eigenvalue weighted by Gasteiger charge is -2.05. The molecular formula is C14H15N5OS. The molecule has 1 fully saturated rings. The molecule has 1 unspecified atom stereocenters. The van der Waals surface area contributed by atoms with Gasteiger partial charge in [-0.05, 0) is 18.6 Å². The fraction of sp³-hybridized carbons (Fsp3) is 0.357. The smallest absolute Gasteiger partial charge is 0.234 e. The van der Waals surface area contributed by atoms with E-state index in [1.165, 1.54) is 0 Å². The predicted octanol–water partition coefficient (Wildman–Crippen LogP) is 2.40. The number of benzene rings is 1. The molecule has 3 heterocycles. The van der Waals surface area contributed by atoms with Gasteiger partial charge in [0.2, 0.25) is 4.96 Å². The molecule has 0 spiro atoms. The Hall–Kier alpha value is -1.99. The molecular weight excluding hydrogens is 286 g/mol. The fourth-order valence-electron chi connectivity index (χ4n) is 2.62. The van der Waals surface area contributed by atoms with Crippen molar-refractivity contribution >= 4 is 22.0 Å². The number of nitrogens with zero attached hydrogens (tertiary/aromatic N) is 4. The summed E-state index contributed by atoms with van der Waals surface area (Å²) >= 11 is 1.56. The standard InChI is InChI=1S/C14H15N5OS/c1-15-11-5-3-2-4-10(11)13-18-19-12(9-6-7-20-8-9)16-17-14(19)21-13/h2-5,9,15H,6-8H2,1H3. The average molecular weight is 301 g/mol. The molecule has 6 nitrogen and oxygen atoms in total. The monoisotopic (exact) mass is 301 g/mol. The number of anilines is 1. The third-order valence-corrected chi connectivity index (χ3v) is 4.67. The van der Waals surface area contributed by atoms with Gasteiger partial charge in [0.15, 0.2) is 5.82 Å². The largest absolute Gasteiger partial charge is 0.388 e. The zero-order valence-electron chi connectivity index (χ0n) is 11.6. The number of aromatic nitrogens is 4. The highest BCUT2D eigenvalue weighted by molar-refractivity contribution is 7.19. The van der Waals surface area contributed by atoms with E-state index >= 15 is 0 Å². The molecule has 3 aromatic rings. The minimum Gasteiger partial charge on any atom is -0.388 e. The predicted molar refractivity (Wildman–Crippen MR) is 81.8 cm³/mol. The van der Waals surface area contributed by atoms with Gasteiger partial charge in [-0.25, -0.2) is 0 Å². The Balaban J connectivity index is 1.80. The second-order valence-electron chi connectivity index (χ2n) is 5.02. The average Bonchev–Trinajstić information content (AvgIpc) is 3.23. The van der Waals surface area contributed by atoms with Crippen molar-refractivity contribution in [1.29, 1.82) is 0 Å². The Kier molecular flexibility index (Phi) is 3.08. The first-order valence-electron chi connectivity index (χ1n) is 6.94. The number of hydrogen-bond donors (Lipinski definition) is 1. The van der Waals surface area contributed by atoms with E-state index in [4.69, 9.17) is 9.84 Å². The Morgan fingerprint density at radius 1 is 1.33 bits per heavy atom. The Morgan fingerprint density at radius 3 is 3.05 bits per heavy atom. The summed E-state index contributed by atoms with van der Waals surface area (Å²) in [5.74, 6) is 1.21. The number of nitrogens with one attached hydrogen (secondary N) is 1. The van der Waals surface area contributed by atoms with E-state index in [2.05, 4.69) is 21.6 Å². The first-order chi connectivity index (χ1) is 10.4. The maximum atomic E-state index is 5.44. The summed E-state index contributed by atoms with van der Waals surface area (Å²) < 4.78 is 7.31. The minimum atomic E-state index is 0.300. The van der Waals surface area contributed by atoms with E-state index in [1.807, 2.05) is 29.8 Å². The van der Waals surface area contributed by atoms with Crippen molar-refractivity contribution in [3.63, 3.8) is 0 Å². The van der Waals surface area contributed by atoms with Crippen molar-refractivity contribution in [3.8, 4) is 10.6 Å². The molecule has 108 valence electrons. The molecule has 7 heteroatoms. The number of ether oxygens (including phenoxy) is 1. The SMILES string of the molecule is CNc1ccccc1-c1nn2c(C3CCOC3)nnc2s1. The first kappa shape index (κ1) is 12.7. The van der Waals surface area contributed by atoms with Crippen LogP contribution in [0, 0.1) is 0 Å². The summed E-state index contributed by atoms with van der Waals surface area (Å²) in [5, 5.41) is 17.4. The van der Waals surface area contributed by atoms with E-state index in [-0.39, 0.29) is 0 Å². The van der Waals surface area contributed by atoms with Crippen LogP contribution in [0.15, 0.2) is 24.3 Å². The van der Waals surface area contributed by atoms with E-state index in [0.29, 0.717) is 12.5 Å². The first-order valence-corrected chi connectivity index (χ1v) is 7.75. The zero-order valence-corrected chi connectivity index (χ0v) is 12.4. The molecule has 1 N–H and O–H groups in total. The zero-order chi connectivity index (χ0) is 14.2. The van der Waals surface area contributed by atoms with Crippen LogP contribution in [0.4, 0.5) is 5.69 Å². The van der Waals surface area contributed by atoms with Crippen LogP contribution in [0.3, 0.4) is 0 Å². The van der Waals surface area contributed by atoms with Crippen LogP contribution in [-0.4, -0.2) is 40.1 Å². The normalized spacial score (nSPS) is 18.4. The van der Waals surface area contributed by atoms with Gasteiger partial charge in [-0.3, -0.25) is 0 Å². The quantitative estimate of drug-likeness (QED) is 0.805. The van der Waals surface area contributed by atoms with Gasteiger partial charge in [-0.15, -0.1) is 10.2 Å². The van der Waals surface area contributed by atoms with E-state index in [9.17, 15) is 0 Å². The molecule has 21 heavy (non-hydrogen) atoms. The van der Waals surface area contributed by atoms with E-state index < -0.39 is 0 Å². The number of rotatable bonds is 3. The molecule has 1 aromatic carbocycles. The topological polar surface area (TPSA) is 64.3 Å². The Bertz CT molecular complexity index is 775. The van der Waals surface area contributed by atoms with E-state index in [1.54, 1.807) is 11.3 Å². The number of hydrogen-bond acceptors (Lipinski definition) is 6. The van der Waals surface area contributed by atoms with Crippen molar-refractivity contribution in [3.05, 3.63) is 30.1 Å². The van der Waals surface area contributed by atoms with Crippen molar-refractivity contribution in [1.82, 2.24) is 19.8 Å². The van der Waals surface area contributed by atoms with Crippen LogP contribution in [0.5, 0.6) is 0 Å². The molecule has 1 saturated heterocycles. The molecule has 0 aliphatic carbocycles. The lowest BCUT2D eigenvalue weighted by molar-refractivity contribution is 0.193. The van der Waals surface area contributed by atoms with Crippen LogP contribution in [-0.2, 0) is 4.74 Å². The van der Waals surface area contributed by atoms with Crippen LogP contribution >= 0.6 is 11.3 Å². The van der Waals surface area contributed by atoms with Gasteiger partial charge < -0.3 is 10.1 Å². The van der Waals surface area contributed by atoms with Gasteiger partial charge >= 0.3 is 0 Å². The van der Waals surface area contributed by atoms with Crippen molar-refractivity contribution < 1.29 is 4.74 Å². The molecule has 0 saturated carbocycles. The van der Waals surface area contributed by atoms with Crippen molar-refractivity contribution in [2.24, 2.45) is 0 Å². The summed E-state index contributed by atoms with van der Waals surface area (Å²) in [6.45, 7) is 1.50. The van der Waals surface area contributed by atoms with Gasteiger partial charge in [-0.1, -0.05) is 23.5 Å². The Labute approximate surface area is 125 Å².